The van der Waals surface area contributed by atoms with Crippen molar-refractivity contribution in [1.82, 2.24) is 9.78 Å². The maximum atomic E-state index is 5.34. The summed E-state index contributed by atoms with van der Waals surface area (Å²) in [6, 6.07) is 0. The highest BCUT2D eigenvalue weighted by atomic mass is 15.3. The zero-order valence-corrected chi connectivity index (χ0v) is 9.04. The van der Waals surface area contributed by atoms with Gasteiger partial charge in [-0.05, 0) is 20.8 Å². The molecule has 0 aliphatic heterocycles. The van der Waals surface area contributed by atoms with Gasteiger partial charge in [-0.1, -0.05) is 11.8 Å². The zero-order valence-electron chi connectivity index (χ0n) is 9.04. The number of nitrogens with zero attached hydrogens (tertiary/aromatic N) is 2. The molecule has 0 spiro atoms. The van der Waals surface area contributed by atoms with E-state index in [0.717, 1.165) is 12.0 Å². The molecule has 76 valence electrons. The van der Waals surface area contributed by atoms with E-state index in [2.05, 4.69) is 37.7 Å². The minimum Gasteiger partial charge on any atom is -0.330 e. The Kier molecular flexibility index (Phi) is 3.32. The molecule has 14 heavy (non-hydrogen) atoms. The van der Waals surface area contributed by atoms with Crippen molar-refractivity contribution in [3.05, 3.63) is 18.0 Å². The van der Waals surface area contributed by atoms with Gasteiger partial charge in [0, 0.05) is 19.2 Å². The van der Waals surface area contributed by atoms with Gasteiger partial charge in [0.15, 0.2) is 0 Å². The molecule has 0 atom stereocenters. The van der Waals surface area contributed by atoms with Crippen molar-refractivity contribution >= 4 is 0 Å². The minimum absolute atomic E-state index is 0.0216. The first-order chi connectivity index (χ1) is 6.54. The second-order valence-corrected chi connectivity index (χ2v) is 4.18. The summed E-state index contributed by atoms with van der Waals surface area (Å²) in [7, 11) is 0. The Morgan fingerprint density at radius 1 is 1.50 bits per heavy atom. The molecule has 1 heterocycles. The van der Waals surface area contributed by atoms with Gasteiger partial charge < -0.3 is 5.73 Å². The normalized spacial score (nSPS) is 10.9. The first-order valence-electron chi connectivity index (χ1n) is 4.78. The lowest BCUT2D eigenvalue weighted by Crippen LogP contribution is -2.21. The summed E-state index contributed by atoms with van der Waals surface area (Å²) in [5.41, 5.74) is 6.32. The summed E-state index contributed by atoms with van der Waals surface area (Å²) < 4.78 is 1.92. The number of rotatable bonds is 1. The van der Waals surface area contributed by atoms with E-state index in [0.29, 0.717) is 6.54 Å². The van der Waals surface area contributed by atoms with Crippen molar-refractivity contribution in [2.75, 3.05) is 6.54 Å². The standard InChI is InChI=1S/C11H17N3/c1-11(2,3)14-9-10(8-13-14)6-4-5-7-12/h8-9H,5,7,12H2,1-3H3. The molecule has 0 saturated heterocycles. The predicted octanol–water partition coefficient (Wildman–Crippen LogP) is 1.34. The lowest BCUT2D eigenvalue weighted by molar-refractivity contribution is 0.355. The summed E-state index contributed by atoms with van der Waals surface area (Å²) in [5, 5.41) is 4.25. The molecule has 0 saturated carbocycles. The third-order valence-corrected chi connectivity index (χ3v) is 1.77. The van der Waals surface area contributed by atoms with Crippen LogP contribution in [0.1, 0.15) is 32.8 Å². The van der Waals surface area contributed by atoms with Crippen molar-refractivity contribution < 1.29 is 0 Å². The zero-order chi connectivity index (χ0) is 10.6. The topological polar surface area (TPSA) is 43.8 Å². The maximum absolute atomic E-state index is 5.34. The minimum atomic E-state index is 0.0216. The summed E-state index contributed by atoms with van der Waals surface area (Å²) in [6.07, 6.45) is 4.49. The van der Waals surface area contributed by atoms with Crippen LogP contribution in [-0.2, 0) is 5.54 Å². The van der Waals surface area contributed by atoms with E-state index in [-0.39, 0.29) is 5.54 Å². The monoisotopic (exact) mass is 191 g/mol. The summed E-state index contributed by atoms with van der Waals surface area (Å²) >= 11 is 0. The first-order valence-corrected chi connectivity index (χ1v) is 4.78. The molecule has 1 aromatic rings. The van der Waals surface area contributed by atoms with Crippen LogP contribution in [0.3, 0.4) is 0 Å². The van der Waals surface area contributed by atoms with Crippen LogP contribution >= 0.6 is 0 Å². The fourth-order valence-electron chi connectivity index (χ4n) is 0.991. The SMILES string of the molecule is CC(C)(C)n1cc(C#CCCN)cn1. The Bertz CT molecular complexity index is 347. The Morgan fingerprint density at radius 2 is 2.21 bits per heavy atom. The molecule has 0 fully saturated rings. The van der Waals surface area contributed by atoms with Gasteiger partial charge in [0.1, 0.15) is 0 Å². The van der Waals surface area contributed by atoms with E-state index in [9.17, 15) is 0 Å². The maximum Gasteiger partial charge on any atom is 0.0646 e. The molecule has 0 aliphatic rings. The number of hydrogen-bond acceptors (Lipinski definition) is 2. The molecular weight excluding hydrogens is 174 g/mol. The van der Waals surface area contributed by atoms with E-state index in [1.165, 1.54) is 0 Å². The van der Waals surface area contributed by atoms with Crippen molar-refractivity contribution in [2.45, 2.75) is 32.7 Å². The lowest BCUT2D eigenvalue weighted by atomic mass is 10.1. The predicted molar refractivity (Wildman–Crippen MR) is 57.8 cm³/mol. The number of aromatic nitrogens is 2. The largest absolute Gasteiger partial charge is 0.330 e. The molecule has 0 aromatic carbocycles. The molecule has 0 bridgehead atoms. The average molecular weight is 191 g/mol. The van der Waals surface area contributed by atoms with Gasteiger partial charge in [-0.25, -0.2) is 0 Å². The highest BCUT2D eigenvalue weighted by Crippen LogP contribution is 2.12. The van der Waals surface area contributed by atoms with Gasteiger partial charge in [-0.2, -0.15) is 5.10 Å². The lowest BCUT2D eigenvalue weighted by Gasteiger charge is -2.18. The Hall–Kier alpha value is -1.27. The van der Waals surface area contributed by atoms with Crippen LogP contribution in [-0.4, -0.2) is 16.3 Å². The molecule has 0 amide bonds. The van der Waals surface area contributed by atoms with Crippen molar-refractivity contribution in [3.8, 4) is 11.8 Å². The molecule has 2 N–H and O–H groups in total. The molecule has 0 radical (unpaired) electrons. The van der Waals surface area contributed by atoms with Crippen molar-refractivity contribution in [3.63, 3.8) is 0 Å². The Balaban J connectivity index is 2.75. The summed E-state index contributed by atoms with van der Waals surface area (Å²) in [5.74, 6) is 6.01. The average Bonchev–Trinajstić information content (AvgIpc) is 2.52. The van der Waals surface area contributed by atoms with Crippen LogP contribution in [0.25, 0.3) is 0 Å². The van der Waals surface area contributed by atoms with Gasteiger partial charge in [-0.3, -0.25) is 4.68 Å². The molecule has 0 aliphatic carbocycles. The highest BCUT2D eigenvalue weighted by Gasteiger charge is 2.12. The van der Waals surface area contributed by atoms with Crippen LogP contribution < -0.4 is 5.73 Å². The van der Waals surface area contributed by atoms with Crippen LogP contribution in [0.2, 0.25) is 0 Å². The van der Waals surface area contributed by atoms with Crippen LogP contribution in [0, 0.1) is 11.8 Å². The Labute approximate surface area is 85.3 Å². The van der Waals surface area contributed by atoms with Crippen LogP contribution in [0.15, 0.2) is 12.4 Å². The fraction of sp³-hybridized carbons (Fsp3) is 0.545. The second-order valence-electron chi connectivity index (χ2n) is 4.18. The molecule has 3 nitrogen and oxygen atoms in total. The molecule has 1 rings (SSSR count). The van der Waals surface area contributed by atoms with Gasteiger partial charge in [0.2, 0.25) is 0 Å². The van der Waals surface area contributed by atoms with E-state index in [1.807, 2.05) is 10.9 Å². The van der Waals surface area contributed by atoms with Crippen LogP contribution in [0.5, 0.6) is 0 Å². The fourth-order valence-corrected chi connectivity index (χ4v) is 0.991. The van der Waals surface area contributed by atoms with E-state index in [1.54, 1.807) is 6.20 Å². The van der Waals surface area contributed by atoms with E-state index in [4.69, 9.17) is 5.73 Å². The first kappa shape index (κ1) is 10.8. The second kappa shape index (κ2) is 4.30. The summed E-state index contributed by atoms with van der Waals surface area (Å²) in [6.45, 7) is 6.94. The summed E-state index contributed by atoms with van der Waals surface area (Å²) in [4.78, 5) is 0. The van der Waals surface area contributed by atoms with Gasteiger partial charge >= 0.3 is 0 Å². The molecule has 0 unspecified atom stereocenters. The highest BCUT2D eigenvalue weighted by molar-refractivity contribution is 5.29. The molecular formula is C11H17N3. The third kappa shape index (κ3) is 2.90. The number of nitrogens with two attached hydrogens (primary N) is 1. The smallest absolute Gasteiger partial charge is 0.0646 e. The number of hydrogen-bond donors (Lipinski definition) is 1. The molecule has 1 aromatic heterocycles. The van der Waals surface area contributed by atoms with Gasteiger partial charge in [-0.15, -0.1) is 0 Å². The molecule has 3 heteroatoms. The quantitative estimate of drug-likeness (QED) is 0.681. The van der Waals surface area contributed by atoms with Crippen molar-refractivity contribution in [2.24, 2.45) is 5.73 Å². The third-order valence-electron chi connectivity index (χ3n) is 1.77. The Morgan fingerprint density at radius 3 is 2.71 bits per heavy atom. The van der Waals surface area contributed by atoms with E-state index < -0.39 is 0 Å². The van der Waals surface area contributed by atoms with E-state index >= 15 is 0 Å². The van der Waals surface area contributed by atoms with Gasteiger partial charge in [0.05, 0.1) is 17.3 Å². The van der Waals surface area contributed by atoms with Crippen LogP contribution in [0.4, 0.5) is 0 Å². The van der Waals surface area contributed by atoms with Crippen molar-refractivity contribution in [1.29, 1.82) is 0 Å². The van der Waals surface area contributed by atoms with Gasteiger partial charge in [0.25, 0.3) is 0 Å².